The van der Waals surface area contributed by atoms with Gasteiger partial charge in [-0.3, -0.25) is 4.79 Å². The van der Waals surface area contributed by atoms with Gasteiger partial charge in [0.1, 0.15) is 17.9 Å². The Labute approximate surface area is 142 Å². The van der Waals surface area contributed by atoms with Crippen LogP contribution in [0.5, 0.6) is 0 Å². The molecule has 1 fully saturated rings. The molecule has 23 heavy (non-hydrogen) atoms. The smallest absolute Gasteiger partial charge is 0.249 e. The van der Waals surface area contributed by atoms with Crippen molar-refractivity contribution in [2.45, 2.75) is 12.5 Å². The maximum absolute atomic E-state index is 12.5. The number of aromatic nitrogens is 2. The third-order valence-corrected chi connectivity index (χ3v) is 4.26. The molecule has 0 radical (unpaired) electrons. The maximum Gasteiger partial charge on any atom is 0.249 e. The maximum atomic E-state index is 12.5. The van der Waals surface area contributed by atoms with Crippen LogP contribution in [0.4, 0.5) is 11.5 Å². The highest BCUT2D eigenvalue weighted by Gasteiger charge is 2.33. The van der Waals surface area contributed by atoms with E-state index in [4.69, 9.17) is 28.5 Å². The van der Waals surface area contributed by atoms with Gasteiger partial charge in [-0.05, 0) is 36.8 Å². The molecule has 1 aromatic carbocycles. The van der Waals surface area contributed by atoms with E-state index in [-0.39, 0.29) is 11.6 Å². The van der Waals surface area contributed by atoms with Gasteiger partial charge in [0, 0.05) is 12.2 Å². The molecule has 1 N–H and O–H groups in total. The Balaban J connectivity index is 1.73. The SMILES string of the molecule is N#Cc1ccc(NC2CCN(c3ccc(Cl)c(Cl)c3)C2=O)nn1. The van der Waals surface area contributed by atoms with Crippen molar-refractivity contribution in [2.75, 3.05) is 16.8 Å². The molecule has 1 atom stereocenters. The summed E-state index contributed by atoms with van der Waals surface area (Å²) in [7, 11) is 0. The molecule has 8 heteroatoms. The monoisotopic (exact) mass is 347 g/mol. The quantitative estimate of drug-likeness (QED) is 0.922. The summed E-state index contributed by atoms with van der Waals surface area (Å²) in [6.45, 7) is 0.568. The van der Waals surface area contributed by atoms with Gasteiger partial charge in [0.05, 0.1) is 10.0 Å². The number of amides is 1. The highest BCUT2D eigenvalue weighted by Crippen LogP contribution is 2.30. The third kappa shape index (κ3) is 3.21. The van der Waals surface area contributed by atoms with Crippen molar-refractivity contribution >= 4 is 40.6 Å². The molecule has 3 rings (SSSR count). The largest absolute Gasteiger partial charge is 0.357 e. The van der Waals surface area contributed by atoms with Gasteiger partial charge in [-0.2, -0.15) is 5.26 Å². The van der Waals surface area contributed by atoms with E-state index in [0.29, 0.717) is 34.5 Å². The second kappa shape index (κ2) is 6.41. The lowest BCUT2D eigenvalue weighted by Gasteiger charge is -2.18. The summed E-state index contributed by atoms with van der Waals surface area (Å²) in [6, 6.07) is 9.77. The zero-order valence-corrected chi connectivity index (χ0v) is 13.3. The van der Waals surface area contributed by atoms with Crippen molar-refractivity contribution < 1.29 is 4.79 Å². The molecule has 2 aromatic rings. The Hall–Kier alpha value is -2.36. The normalized spacial score (nSPS) is 17.2. The predicted molar refractivity (Wildman–Crippen MR) is 87.6 cm³/mol. The van der Waals surface area contributed by atoms with Gasteiger partial charge < -0.3 is 10.2 Å². The van der Waals surface area contributed by atoms with Gasteiger partial charge in [-0.15, -0.1) is 10.2 Å². The number of nitrogens with one attached hydrogen (secondary N) is 1. The van der Waals surface area contributed by atoms with Crippen LogP contribution in [0.1, 0.15) is 12.1 Å². The van der Waals surface area contributed by atoms with Crippen LogP contribution >= 0.6 is 23.2 Å². The molecular weight excluding hydrogens is 337 g/mol. The third-order valence-electron chi connectivity index (χ3n) is 3.52. The molecule has 0 spiro atoms. The number of anilines is 2. The Morgan fingerprint density at radius 3 is 2.70 bits per heavy atom. The Bertz CT molecular complexity index is 787. The Kier molecular flexibility index (Phi) is 4.33. The van der Waals surface area contributed by atoms with Crippen LogP contribution in [0.3, 0.4) is 0 Å². The standard InChI is InChI=1S/C15H11Cl2N5O/c16-11-3-2-10(7-12(11)17)22-6-5-13(15(22)23)19-14-4-1-9(8-18)20-21-14/h1-4,7,13H,5-6H2,(H,19,21). The average Bonchev–Trinajstić information content (AvgIpc) is 2.92. The minimum Gasteiger partial charge on any atom is -0.357 e. The lowest BCUT2D eigenvalue weighted by molar-refractivity contribution is -0.117. The Morgan fingerprint density at radius 2 is 2.04 bits per heavy atom. The van der Waals surface area contributed by atoms with E-state index >= 15 is 0 Å². The number of benzene rings is 1. The number of nitrogens with zero attached hydrogens (tertiary/aromatic N) is 4. The van der Waals surface area contributed by atoms with Crippen LogP contribution in [0.15, 0.2) is 30.3 Å². The minimum absolute atomic E-state index is 0.0745. The van der Waals surface area contributed by atoms with Crippen LogP contribution in [0, 0.1) is 11.3 Å². The van der Waals surface area contributed by atoms with E-state index in [0.717, 1.165) is 0 Å². The number of halogens is 2. The topological polar surface area (TPSA) is 81.9 Å². The first-order valence-electron chi connectivity index (χ1n) is 6.85. The number of carbonyl (C=O) groups excluding carboxylic acids is 1. The van der Waals surface area contributed by atoms with E-state index in [9.17, 15) is 4.79 Å². The summed E-state index contributed by atoms with van der Waals surface area (Å²) in [4.78, 5) is 14.2. The first-order valence-corrected chi connectivity index (χ1v) is 7.61. The Morgan fingerprint density at radius 1 is 1.22 bits per heavy atom. The van der Waals surface area contributed by atoms with E-state index in [1.165, 1.54) is 0 Å². The van der Waals surface area contributed by atoms with Gasteiger partial charge in [0.15, 0.2) is 5.69 Å². The molecule has 116 valence electrons. The van der Waals surface area contributed by atoms with Crippen molar-refractivity contribution in [1.82, 2.24) is 10.2 Å². The highest BCUT2D eigenvalue weighted by molar-refractivity contribution is 6.42. The van der Waals surface area contributed by atoms with Crippen molar-refractivity contribution in [1.29, 1.82) is 5.26 Å². The summed E-state index contributed by atoms with van der Waals surface area (Å²) in [5, 5.41) is 20.2. The molecule has 0 aliphatic carbocycles. The number of carbonyl (C=O) groups is 1. The predicted octanol–water partition coefficient (Wildman–Crippen LogP) is 2.87. The first-order chi connectivity index (χ1) is 11.1. The molecule has 1 saturated heterocycles. The average molecular weight is 348 g/mol. The lowest BCUT2D eigenvalue weighted by Crippen LogP contribution is -2.33. The fraction of sp³-hybridized carbons (Fsp3) is 0.200. The van der Waals surface area contributed by atoms with E-state index in [1.807, 2.05) is 6.07 Å². The summed E-state index contributed by atoms with van der Waals surface area (Å²) in [5.41, 5.74) is 0.936. The fourth-order valence-corrected chi connectivity index (χ4v) is 2.66. The fourth-order valence-electron chi connectivity index (χ4n) is 2.37. The molecule has 1 aliphatic heterocycles. The highest BCUT2D eigenvalue weighted by atomic mass is 35.5. The molecule has 1 unspecified atom stereocenters. The van der Waals surface area contributed by atoms with E-state index in [2.05, 4.69) is 15.5 Å². The second-order valence-electron chi connectivity index (χ2n) is 4.99. The number of hydrogen-bond acceptors (Lipinski definition) is 5. The summed E-state index contributed by atoms with van der Waals surface area (Å²) in [5.74, 6) is 0.382. The van der Waals surface area contributed by atoms with Crippen molar-refractivity contribution in [3.05, 3.63) is 46.1 Å². The van der Waals surface area contributed by atoms with Gasteiger partial charge in [-0.25, -0.2) is 0 Å². The molecule has 0 saturated carbocycles. The van der Waals surface area contributed by atoms with Crippen molar-refractivity contribution in [3.8, 4) is 6.07 Å². The summed E-state index contributed by atoms with van der Waals surface area (Å²) in [6.07, 6.45) is 0.626. The molecule has 1 aromatic heterocycles. The van der Waals surface area contributed by atoms with Crippen molar-refractivity contribution in [2.24, 2.45) is 0 Å². The summed E-state index contributed by atoms with van der Waals surface area (Å²) >= 11 is 11.9. The van der Waals surface area contributed by atoms with Crippen LogP contribution in [-0.4, -0.2) is 28.7 Å². The van der Waals surface area contributed by atoms with Gasteiger partial charge in [0.25, 0.3) is 0 Å². The van der Waals surface area contributed by atoms with E-state index < -0.39 is 6.04 Å². The number of nitriles is 1. The number of hydrogen-bond donors (Lipinski definition) is 1. The molecule has 6 nitrogen and oxygen atoms in total. The van der Waals surface area contributed by atoms with Crippen molar-refractivity contribution in [3.63, 3.8) is 0 Å². The zero-order chi connectivity index (χ0) is 16.4. The molecule has 0 bridgehead atoms. The molecule has 1 amide bonds. The van der Waals surface area contributed by atoms with Gasteiger partial charge >= 0.3 is 0 Å². The molecular formula is C15H11Cl2N5O. The molecule has 1 aliphatic rings. The number of rotatable bonds is 3. The van der Waals surface area contributed by atoms with E-state index in [1.54, 1.807) is 35.2 Å². The van der Waals surface area contributed by atoms with Crippen LogP contribution in [0.25, 0.3) is 0 Å². The van der Waals surface area contributed by atoms with Crippen LogP contribution in [0.2, 0.25) is 10.0 Å². The molecule has 2 heterocycles. The van der Waals surface area contributed by atoms with Crippen LogP contribution in [-0.2, 0) is 4.79 Å². The minimum atomic E-state index is -0.397. The summed E-state index contributed by atoms with van der Waals surface area (Å²) < 4.78 is 0. The second-order valence-corrected chi connectivity index (χ2v) is 5.80. The first kappa shape index (κ1) is 15.5. The van der Waals surface area contributed by atoms with Gasteiger partial charge in [0.2, 0.25) is 5.91 Å². The lowest BCUT2D eigenvalue weighted by atomic mass is 10.2. The van der Waals surface area contributed by atoms with Gasteiger partial charge in [-0.1, -0.05) is 23.2 Å². The van der Waals surface area contributed by atoms with Crippen LogP contribution < -0.4 is 10.2 Å². The zero-order valence-electron chi connectivity index (χ0n) is 11.8.